The smallest absolute Gasteiger partial charge is 0.271 e. The third-order valence-corrected chi connectivity index (χ3v) is 6.04. The van der Waals surface area contributed by atoms with Crippen molar-refractivity contribution in [3.8, 4) is 11.5 Å². The Balaban J connectivity index is 1.97. The number of nitrogens with zero attached hydrogens (tertiary/aromatic N) is 2. The summed E-state index contributed by atoms with van der Waals surface area (Å²) in [7, 11) is 1.59. The van der Waals surface area contributed by atoms with E-state index in [2.05, 4.69) is 4.99 Å². The predicted molar refractivity (Wildman–Crippen MR) is 116 cm³/mol. The van der Waals surface area contributed by atoms with E-state index in [1.807, 2.05) is 12.1 Å². The Morgan fingerprint density at radius 3 is 2.53 bits per heavy atom. The largest absolute Gasteiger partial charge is 0.507 e. The monoisotopic (exact) mass is 420 g/mol. The highest BCUT2D eigenvalue weighted by molar-refractivity contribution is 7.07. The molecule has 0 saturated carbocycles. The molecule has 1 aromatic heterocycles. The van der Waals surface area contributed by atoms with Gasteiger partial charge in [-0.25, -0.2) is 4.99 Å². The van der Waals surface area contributed by atoms with E-state index in [0.717, 1.165) is 5.56 Å². The van der Waals surface area contributed by atoms with Crippen molar-refractivity contribution in [2.24, 2.45) is 4.99 Å². The van der Waals surface area contributed by atoms with Crippen LogP contribution in [-0.4, -0.2) is 22.6 Å². The molecule has 2 aromatic carbocycles. The van der Waals surface area contributed by atoms with E-state index in [9.17, 15) is 14.7 Å². The van der Waals surface area contributed by atoms with Crippen LogP contribution < -0.4 is 19.6 Å². The molecule has 6 nitrogen and oxygen atoms in total. The van der Waals surface area contributed by atoms with Crippen LogP contribution in [-0.2, 0) is 4.79 Å². The zero-order valence-corrected chi connectivity index (χ0v) is 17.6. The maximum absolute atomic E-state index is 13.4. The van der Waals surface area contributed by atoms with E-state index >= 15 is 0 Å². The van der Waals surface area contributed by atoms with Gasteiger partial charge in [0.2, 0.25) is 0 Å². The number of allylic oxidation sites excluding steroid dienone is 2. The van der Waals surface area contributed by atoms with Crippen LogP contribution in [0.3, 0.4) is 0 Å². The molecule has 0 radical (unpaired) electrons. The van der Waals surface area contributed by atoms with Gasteiger partial charge in [0, 0.05) is 16.8 Å². The molecular formula is C23H20N2O4S. The first-order valence-electron chi connectivity index (χ1n) is 9.36. The molecule has 30 heavy (non-hydrogen) atoms. The SMILES string of the molecule is COc1ccc([C@@H]2C(C(C)=O)=C(C)N=c3s/c(=C/c4ccccc4O)c(=O)n32)cc1. The Hall–Kier alpha value is -3.45. The molecule has 1 aliphatic heterocycles. The highest BCUT2D eigenvalue weighted by atomic mass is 32.1. The summed E-state index contributed by atoms with van der Waals surface area (Å²) in [6.07, 6.45) is 1.65. The minimum Gasteiger partial charge on any atom is -0.507 e. The first kappa shape index (κ1) is 19.8. The summed E-state index contributed by atoms with van der Waals surface area (Å²) in [5.41, 5.74) is 2.17. The van der Waals surface area contributed by atoms with Crippen molar-refractivity contribution in [3.05, 3.63) is 90.6 Å². The molecule has 7 heteroatoms. The molecule has 3 aromatic rings. The van der Waals surface area contributed by atoms with Crippen molar-refractivity contribution in [1.29, 1.82) is 0 Å². The molecular weight excluding hydrogens is 400 g/mol. The van der Waals surface area contributed by atoms with Gasteiger partial charge >= 0.3 is 0 Å². The van der Waals surface area contributed by atoms with Gasteiger partial charge in [-0.2, -0.15) is 0 Å². The summed E-state index contributed by atoms with van der Waals surface area (Å²) in [6, 6.07) is 13.6. The van der Waals surface area contributed by atoms with Gasteiger partial charge in [0.25, 0.3) is 5.56 Å². The average Bonchev–Trinajstić information content (AvgIpc) is 3.03. The lowest BCUT2D eigenvalue weighted by atomic mass is 9.93. The molecule has 2 heterocycles. The number of benzene rings is 2. The van der Waals surface area contributed by atoms with E-state index in [1.54, 1.807) is 61.1 Å². The van der Waals surface area contributed by atoms with E-state index in [-0.39, 0.29) is 17.1 Å². The van der Waals surface area contributed by atoms with Crippen molar-refractivity contribution >= 4 is 23.2 Å². The van der Waals surface area contributed by atoms with E-state index in [1.165, 1.54) is 18.3 Å². The molecule has 4 rings (SSSR count). The summed E-state index contributed by atoms with van der Waals surface area (Å²) in [5.74, 6) is 0.651. The number of ketones is 1. The number of hydrogen-bond donors (Lipinski definition) is 1. The highest BCUT2D eigenvalue weighted by Crippen LogP contribution is 2.31. The van der Waals surface area contributed by atoms with Crippen molar-refractivity contribution in [1.82, 2.24) is 4.57 Å². The number of rotatable bonds is 4. The van der Waals surface area contributed by atoms with Gasteiger partial charge in [0.05, 0.1) is 17.7 Å². The Morgan fingerprint density at radius 2 is 1.90 bits per heavy atom. The number of phenolic OH excluding ortho intramolecular Hbond substituents is 1. The number of thiazole rings is 1. The third-order valence-electron chi connectivity index (χ3n) is 5.06. The van der Waals surface area contributed by atoms with E-state index < -0.39 is 6.04 Å². The number of Topliss-reactive ketones (excluding diaryl/α,β-unsaturated/α-hetero) is 1. The normalized spacial score (nSPS) is 16.2. The number of aromatic hydroxyl groups is 1. The Bertz CT molecular complexity index is 1350. The van der Waals surface area contributed by atoms with Crippen LogP contribution in [0.2, 0.25) is 0 Å². The van der Waals surface area contributed by atoms with E-state index in [0.29, 0.717) is 31.9 Å². The van der Waals surface area contributed by atoms with Crippen LogP contribution in [0, 0.1) is 0 Å². The van der Waals surface area contributed by atoms with Crippen LogP contribution in [0.1, 0.15) is 31.0 Å². The molecule has 1 aliphatic rings. The van der Waals surface area contributed by atoms with Crippen LogP contribution in [0.25, 0.3) is 6.08 Å². The molecule has 1 atom stereocenters. The maximum Gasteiger partial charge on any atom is 0.271 e. The minimum absolute atomic E-state index is 0.0932. The summed E-state index contributed by atoms with van der Waals surface area (Å²) < 4.78 is 7.23. The summed E-state index contributed by atoms with van der Waals surface area (Å²) in [4.78, 5) is 30.9. The van der Waals surface area contributed by atoms with Crippen LogP contribution >= 0.6 is 11.3 Å². The van der Waals surface area contributed by atoms with Crippen LogP contribution in [0.15, 0.2) is 69.6 Å². The number of para-hydroxylation sites is 1. The van der Waals surface area contributed by atoms with Gasteiger partial charge in [-0.3, -0.25) is 14.2 Å². The lowest BCUT2D eigenvalue weighted by Crippen LogP contribution is -2.39. The number of carbonyl (C=O) groups is 1. The van der Waals surface area contributed by atoms with Gasteiger partial charge < -0.3 is 9.84 Å². The first-order valence-corrected chi connectivity index (χ1v) is 10.2. The third kappa shape index (κ3) is 3.37. The molecule has 0 spiro atoms. The first-order chi connectivity index (χ1) is 14.4. The molecule has 0 saturated heterocycles. The van der Waals surface area contributed by atoms with Gasteiger partial charge in [0.15, 0.2) is 10.6 Å². The second kappa shape index (κ2) is 7.76. The van der Waals surface area contributed by atoms with Crippen molar-refractivity contribution < 1.29 is 14.6 Å². The number of phenols is 1. The number of methoxy groups -OCH3 is 1. The average molecular weight is 420 g/mol. The number of fused-ring (bicyclic) bond motifs is 1. The second-order valence-corrected chi connectivity index (χ2v) is 7.98. The number of carbonyl (C=O) groups excluding carboxylic acids is 1. The molecule has 0 aliphatic carbocycles. The summed E-state index contributed by atoms with van der Waals surface area (Å²) in [5, 5.41) is 10.1. The minimum atomic E-state index is -0.573. The van der Waals surface area contributed by atoms with Crippen molar-refractivity contribution in [2.75, 3.05) is 7.11 Å². The van der Waals surface area contributed by atoms with Crippen molar-refractivity contribution in [2.45, 2.75) is 19.9 Å². The number of hydrogen-bond acceptors (Lipinski definition) is 6. The van der Waals surface area contributed by atoms with Gasteiger partial charge in [-0.05, 0) is 43.7 Å². The van der Waals surface area contributed by atoms with E-state index in [4.69, 9.17) is 4.74 Å². The molecule has 0 unspecified atom stereocenters. The zero-order valence-electron chi connectivity index (χ0n) is 16.7. The maximum atomic E-state index is 13.4. The fourth-order valence-corrected chi connectivity index (χ4v) is 4.66. The Morgan fingerprint density at radius 1 is 1.20 bits per heavy atom. The summed E-state index contributed by atoms with van der Waals surface area (Å²) in [6.45, 7) is 3.27. The van der Waals surface area contributed by atoms with Crippen LogP contribution in [0.5, 0.6) is 11.5 Å². The molecule has 0 amide bonds. The molecule has 152 valence electrons. The molecule has 0 bridgehead atoms. The quantitative estimate of drug-likeness (QED) is 0.703. The predicted octanol–water partition coefficient (Wildman–Crippen LogP) is 2.54. The number of aromatic nitrogens is 1. The highest BCUT2D eigenvalue weighted by Gasteiger charge is 2.30. The summed E-state index contributed by atoms with van der Waals surface area (Å²) >= 11 is 1.24. The van der Waals surface area contributed by atoms with Crippen LogP contribution in [0.4, 0.5) is 0 Å². The van der Waals surface area contributed by atoms with Crippen molar-refractivity contribution in [3.63, 3.8) is 0 Å². The lowest BCUT2D eigenvalue weighted by molar-refractivity contribution is -0.114. The van der Waals surface area contributed by atoms with Gasteiger partial charge in [0.1, 0.15) is 11.5 Å². The molecule has 0 fully saturated rings. The van der Waals surface area contributed by atoms with Gasteiger partial charge in [-0.15, -0.1) is 0 Å². The Kier molecular flexibility index (Phi) is 5.13. The standard InChI is InChI=1S/C23H20N2O4S/c1-13-20(14(2)26)21(15-8-10-17(29-3)11-9-15)25-22(28)19(30-23(25)24-13)12-16-6-4-5-7-18(16)27/h4-12,21,27H,1-3H3/b19-12+/t21-/m1/s1. The van der Waals surface area contributed by atoms with Gasteiger partial charge in [-0.1, -0.05) is 41.7 Å². The fraction of sp³-hybridized carbons (Fsp3) is 0.174. The number of ether oxygens (including phenoxy) is 1. The zero-order chi connectivity index (χ0) is 21.4. The Labute approximate surface area is 176 Å². The molecule has 1 N–H and O–H groups in total. The second-order valence-electron chi connectivity index (χ2n) is 6.97. The topological polar surface area (TPSA) is 80.9 Å². The fourth-order valence-electron chi connectivity index (χ4n) is 3.62. The lowest BCUT2D eigenvalue weighted by Gasteiger charge is -2.24.